The van der Waals surface area contributed by atoms with Gasteiger partial charge in [0.2, 0.25) is 0 Å². The number of cyclic esters (lactones) is 1. The number of hydrogen-bond donors (Lipinski definition) is 0. The topological polar surface area (TPSA) is 57.2 Å². The molecule has 6 nitrogen and oxygen atoms in total. The van der Waals surface area contributed by atoms with Gasteiger partial charge in [-0.2, -0.15) is 0 Å². The van der Waals surface area contributed by atoms with E-state index in [2.05, 4.69) is 24.3 Å². The van der Waals surface area contributed by atoms with Gasteiger partial charge in [-0.25, -0.2) is 4.79 Å². The van der Waals surface area contributed by atoms with Gasteiger partial charge in [0.1, 0.15) is 6.10 Å². The highest BCUT2D eigenvalue weighted by Gasteiger charge is 2.37. The number of anilines is 1. The number of rotatable bonds is 8. The molecule has 2 fully saturated rings. The summed E-state index contributed by atoms with van der Waals surface area (Å²) < 4.78 is 22.4. The average Bonchev–Trinajstić information content (AvgIpc) is 3.37. The van der Waals surface area contributed by atoms with Crippen molar-refractivity contribution in [1.29, 1.82) is 0 Å². The summed E-state index contributed by atoms with van der Waals surface area (Å²) in [6, 6.07) is 18.2. The minimum Gasteiger partial charge on any atom is -0.441 e. The molecule has 2 aromatic rings. The zero-order chi connectivity index (χ0) is 20.1. The van der Waals surface area contributed by atoms with Gasteiger partial charge in [-0.3, -0.25) is 4.90 Å². The van der Waals surface area contributed by atoms with Crippen molar-refractivity contribution in [2.45, 2.75) is 31.2 Å². The fourth-order valence-corrected chi connectivity index (χ4v) is 3.98. The maximum atomic E-state index is 12.1. The fraction of sp³-hybridized carbons (Fsp3) is 0.435. The van der Waals surface area contributed by atoms with Crippen molar-refractivity contribution in [3.8, 4) is 0 Å². The number of benzene rings is 2. The van der Waals surface area contributed by atoms with E-state index in [0.29, 0.717) is 26.4 Å². The number of amides is 1. The largest absolute Gasteiger partial charge is 0.441 e. The van der Waals surface area contributed by atoms with E-state index in [9.17, 15) is 4.79 Å². The summed E-state index contributed by atoms with van der Waals surface area (Å²) in [5.74, 6) is -0.628. The number of nitrogens with zero attached hydrogens (tertiary/aromatic N) is 1. The first-order valence-corrected chi connectivity index (χ1v) is 10.1. The Bertz CT molecular complexity index is 802. The maximum Gasteiger partial charge on any atom is 0.414 e. The molecule has 0 radical (unpaired) electrons. The summed E-state index contributed by atoms with van der Waals surface area (Å²) in [6.45, 7) is 2.17. The Morgan fingerprint density at radius 1 is 1.07 bits per heavy atom. The molecule has 0 N–H and O–H groups in total. The number of carbonyl (C=O) groups excluding carboxylic acids is 1. The summed E-state index contributed by atoms with van der Waals surface area (Å²) in [5.41, 5.74) is 3.14. The first kappa shape index (κ1) is 19.9. The van der Waals surface area contributed by atoms with E-state index >= 15 is 0 Å². The molecule has 4 rings (SSSR count). The third kappa shape index (κ3) is 4.45. The van der Waals surface area contributed by atoms with Crippen LogP contribution in [0.2, 0.25) is 0 Å². The molecule has 0 spiro atoms. The first-order chi connectivity index (χ1) is 14.2. The van der Waals surface area contributed by atoms with Crippen LogP contribution < -0.4 is 4.90 Å². The Morgan fingerprint density at radius 2 is 1.79 bits per heavy atom. The monoisotopic (exact) mass is 397 g/mol. The molecule has 154 valence electrons. The van der Waals surface area contributed by atoms with Gasteiger partial charge in [0.05, 0.1) is 26.4 Å². The smallest absolute Gasteiger partial charge is 0.414 e. The van der Waals surface area contributed by atoms with Gasteiger partial charge in [0.25, 0.3) is 0 Å². The summed E-state index contributed by atoms with van der Waals surface area (Å²) in [7, 11) is 1.61. The van der Waals surface area contributed by atoms with E-state index in [-0.39, 0.29) is 12.2 Å². The quantitative estimate of drug-likeness (QED) is 0.677. The molecule has 0 unspecified atom stereocenters. The Morgan fingerprint density at radius 3 is 2.48 bits per heavy atom. The van der Waals surface area contributed by atoms with E-state index in [1.165, 1.54) is 5.56 Å². The Labute approximate surface area is 171 Å². The lowest BCUT2D eigenvalue weighted by atomic mass is 9.97. The number of ether oxygens (including phenoxy) is 4. The van der Waals surface area contributed by atoms with Crippen molar-refractivity contribution in [3.05, 3.63) is 65.7 Å². The molecule has 2 aromatic carbocycles. The van der Waals surface area contributed by atoms with Gasteiger partial charge in [0.15, 0.2) is 5.79 Å². The summed E-state index contributed by atoms with van der Waals surface area (Å²) in [5, 5.41) is 0. The third-order valence-electron chi connectivity index (χ3n) is 5.41. The van der Waals surface area contributed by atoms with Gasteiger partial charge in [-0.1, -0.05) is 42.5 Å². The molecular weight excluding hydrogens is 370 g/mol. The molecule has 6 heteroatoms. The van der Waals surface area contributed by atoms with Gasteiger partial charge >= 0.3 is 6.09 Å². The van der Waals surface area contributed by atoms with Crippen LogP contribution in [0.25, 0.3) is 0 Å². The van der Waals surface area contributed by atoms with Gasteiger partial charge in [-0.05, 0) is 30.5 Å². The number of aryl methyl sites for hydroxylation is 1. The van der Waals surface area contributed by atoms with Crippen LogP contribution in [0.4, 0.5) is 10.5 Å². The molecule has 0 saturated carbocycles. The zero-order valence-electron chi connectivity index (χ0n) is 16.7. The molecule has 0 aliphatic carbocycles. The highest BCUT2D eigenvalue weighted by Crippen LogP contribution is 2.36. The van der Waals surface area contributed by atoms with Crippen LogP contribution >= 0.6 is 0 Å². The van der Waals surface area contributed by atoms with Crippen molar-refractivity contribution in [2.75, 3.05) is 38.4 Å². The maximum absolute atomic E-state index is 12.1. The molecule has 2 aliphatic rings. The van der Waals surface area contributed by atoms with Crippen molar-refractivity contribution in [3.63, 3.8) is 0 Å². The second-order valence-corrected chi connectivity index (χ2v) is 7.41. The summed E-state index contributed by atoms with van der Waals surface area (Å²) in [6.07, 6.45) is 2.12. The molecule has 1 atom stereocenters. The Hall–Kier alpha value is -2.41. The van der Waals surface area contributed by atoms with Crippen molar-refractivity contribution >= 4 is 11.8 Å². The average molecular weight is 397 g/mol. The second-order valence-electron chi connectivity index (χ2n) is 7.41. The van der Waals surface area contributed by atoms with Crippen molar-refractivity contribution in [2.24, 2.45) is 0 Å². The van der Waals surface area contributed by atoms with Crippen molar-refractivity contribution < 1.29 is 23.7 Å². The lowest BCUT2D eigenvalue weighted by Gasteiger charge is -2.28. The van der Waals surface area contributed by atoms with E-state index in [1.807, 2.05) is 30.3 Å². The Balaban J connectivity index is 1.34. The minimum absolute atomic E-state index is 0.215. The van der Waals surface area contributed by atoms with E-state index in [4.69, 9.17) is 18.9 Å². The molecule has 0 aromatic heterocycles. The lowest BCUT2D eigenvalue weighted by Crippen LogP contribution is -2.27. The number of methoxy groups -OCH3 is 1. The van der Waals surface area contributed by atoms with Crippen LogP contribution in [0.1, 0.15) is 24.0 Å². The van der Waals surface area contributed by atoms with E-state index < -0.39 is 5.79 Å². The third-order valence-corrected chi connectivity index (χ3v) is 5.41. The first-order valence-electron chi connectivity index (χ1n) is 10.1. The zero-order valence-corrected chi connectivity index (χ0v) is 16.7. The number of hydrogen-bond acceptors (Lipinski definition) is 5. The SMILES string of the molecule is COC[C@H]1CN(c2ccc(CCCC3(c4ccccc4)OCCO3)cc2)C(=O)O1. The highest BCUT2D eigenvalue weighted by atomic mass is 16.7. The second kappa shape index (κ2) is 8.95. The summed E-state index contributed by atoms with van der Waals surface area (Å²) in [4.78, 5) is 13.7. The predicted octanol–water partition coefficient (Wildman–Crippen LogP) is 3.88. The van der Waals surface area contributed by atoms with Gasteiger partial charge in [-0.15, -0.1) is 0 Å². The molecule has 2 heterocycles. The molecule has 2 aliphatic heterocycles. The van der Waals surface area contributed by atoms with Gasteiger partial charge in [0, 0.05) is 24.8 Å². The van der Waals surface area contributed by atoms with Crippen LogP contribution in [-0.4, -0.2) is 45.7 Å². The predicted molar refractivity (Wildman–Crippen MR) is 109 cm³/mol. The van der Waals surface area contributed by atoms with E-state index in [0.717, 1.165) is 30.5 Å². The lowest BCUT2D eigenvalue weighted by molar-refractivity contribution is -0.171. The molecule has 29 heavy (non-hydrogen) atoms. The van der Waals surface area contributed by atoms with Gasteiger partial charge < -0.3 is 18.9 Å². The number of carbonyl (C=O) groups is 1. The summed E-state index contributed by atoms with van der Waals surface area (Å²) >= 11 is 0. The van der Waals surface area contributed by atoms with Crippen LogP contribution in [0.3, 0.4) is 0 Å². The Kier molecular flexibility index (Phi) is 6.13. The fourth-order valence-electron chi connectivity index (χ4n) is 3.98. The standard InChI is InChI=1S/C23H27NO5/c1-26-17-21-16-24(22(25)29-21)20-11-9-18(10-12-20)6-5-13-23(27-14-15-28-23)19-7-3-2-4-8-19/h2-4,7-12,21H,5-6,13-17H2,1H3/t21-/m1/s1. The van der Waals surface area contributed by atoms with Crippen LogP contribution in [0.5, 0.6) is 0 Å². The minimum atomic E-state index is -0.628. The van der Waals surface area contributed by atoms with Crippen LogP contribution in [0.15, 0.2) is 54.6 Å². The molecule has 0 bridgehead atoms. The molecule has 2 saturated heterocycles. The van der Waals surface area contributed by atoms with Crippen LogP contribution in [0, 0.1) is 0 Å². The molecular formula is C23H27NO5. The van der Waals surface area contributed by atoms with Crippen LogP contribution in [-0.2, 0) is 31.2 Å². The highest BCUT2D eigenvalue weighted by molar-refractivity contribution is 5.89. The van der Waals surface area contributed by atoms with E-state index in [1.54, 1.807) is 12.0 Å². The van der Waals surface area contributed by atoms with Crippen molar-refractivity contribution in [1.82, 2.24) is 0 Å². The molecule has 1 amide bonds. The normalized spacial score (nSPS) is 20.8.